The first-order valence-corrected chi connectivity index (χ1v) is 7.53. The Kier molecular flexibility index (Phi) is 5.04. The van der Waals surface area contributed by atoms with Gasteiger partial charge in [-0.3, -0.25) is 14.9 Å². The van der Waals surface area contributed by atoms with Crippen LogP contribution in [0, 0.1) is 10.1 Å². The Morgan fingerprint density at radius 1 is 1.55 bits per heavy atom. The summed E-state index contributed by atoms with van der Waals surface area (Å²) in [7, 11) is 1.84. The van der Waals surface area contributed by atoms with Crippen LogP contribution in [0.4, 0.5) is 11.4 Å². The second-order valence-corrected chi connectivity index (χ2v) is 6.21. The maximum atomic E-state index is 12.2. The Labute approximate surface area is 135 Å². The molecule has 0 aliphatic heterocycles. The molecule has 1 unspecified atom stereocenters. The number of hydrogen-bond donors (Lipinski definition) is 1. The topological polar surface area (TPSA) is 90.1 Å². The lowest BCUT2D eigenvalue weighted by molar-refractivity contribution is -0.384. The highest BCUT2D eigenvalue weighted by molar-refractivity contribution is 8.00. The molecule has 9 heteroatoms. The number of nitro benzene ring substituents is 1. The summed E-state index contributed by atoms with van der Waals surface area (Å²) < 4.78 is 1.81. The molecule has 1 heterocycles. The fourth-order valence-corrected chi connectivity index (χ4v) is 2.68. The van der Waals surface area contributed by atoms with E-state index in [1.807, 2.05) is 11.6 Å². The van der Waals surface area contributed by atoms with Crippen LogP contribution in [-0.2, 0) is 11.8 Å². The minimum absolute atomic E-state index is 0.122. The second-order valence-electron chi connectivity index (χ2n) is 4.49. The number of nitrogens with one attached hydrogen (secondary N) is 1. The van der Waals surface area contributed by atoms with Crippen molar-refractivity contribution >= 4 is 40.6 Å². The number of nitro groups is 1. The first-order valence-electron chi connectivity index (χ1n) is 6.27. The number of non-ortho nitro benzene ring substituents is 1. The van der Waals surface area contributed by atoms with E-state index in [9.17, 15) is 14.9 Å². The number of anilines is 1. The fraction of sp³-hybridized carbons (Fsp3) is 0.231. The Hall–Kier alpha value is -2.06. The zero-order valence-corrected chi connectivity index (χ0v) is 13.4. The fourth-order valence-electron chi connectivity index (χ4n) is 1.63. The summed E-state index contributed by atoms with van der Waals surface area (Å²) in [5.41, 5.74) is 0.211. The number of aromatic nitrogens is 2. The zero-order valence-electron chi connectivity index (χ0n) is 11.8. The van der Waals surface area contributed by atoms with E-state index < -0.39 is 10.2 Å². The van der Waals surface area contributed by atoms with Gasteiger partial charge in [-0.2, -0.15) is 0 Å². The minimum atomic E-state index is -0.545. The molecule has 0 radical (unpaired) electrons. The largest absolute Gasteiger partial charge is 0.329 e. The van der Waals surface area contributed by atoms with Crippen LogP contribution < -0.4 is 5.32 Å². The van der Waals surface area contributed by atoms with Crippen molar-refractivity contribution in [2.75, 3.05) is 5.32 Å². The number of aryl methyl sites for hydroxylation is 1. The number of amides is 1. The summed E-state index contributed by atoms with van der Waals surface area (Å²) in [6.45, 7) is 1.74. The average molecular weight is 341 g/mol. The van der Waals surface area contributed by atoms with Crippen molar-refractivity contribution in [2.45, 2.75) is 17.3 Å². The number of imidazole rings is 1. The van der Waals surface area contributed by atoms with E-state index in [2.05, 4.69) is 10.3 Å². The lowest BCUT2D eigenvalue weighted by Gasteiger charge is -2.12. The van der Waals surface area contributed by atoms with Crippen LogP contribution in [0.25, 0.3) is 0 Å². The number of thioether (sulfide) groups is 1. The molecule has 0 bridgehead atoms. The molecular weight excluding hydrogens is 328 g/mol. The SMILES string of the molecule is CC(Sc1nccn1C)C(=O)Nc1ccc([N+](=O)[O-])cc1Cl. The van der Waals surface area contributed by atoms with Gasteiger partial charge in [0.1, 0.15) is 0 Å². The lowest BCUT2D eigenvalue weighted by atomic mass is 10.2. The van der Waals surface area contributed by atoms with Gasteiger partial charge in [0.15, 0.2) is 5.16 Å². The number of hydrogen-bond acceptors (Lipinski definition) is 5. The normalized spacial score (nSPS) is 12.0. The van der Waals surface area contributed by atoms with Crippen LogP contribution in [0.3, 0.4) is 0 Å². The number of nitrogens with zero attached hydrogens (tertiary/aromatic N) is 3. The Morgan fingerprint density at radius 3 is 2.82 bits per heavy atom. The highest BCUT2D eigenvalue weighted by Gasteiger charge is 2.18. The monoisotopic (exact) mass is 340 g/mol. The van der Waals surface area contributed by atoms with Gasteiger partial charge in [0.25, 0.3) is 5.69 Å². The Morgan fingerprint density at radius 2 is 2.27 bits per heavy atom. The lowest BCUT2D eigenvalue weighted by Crippen LogP contribution is -2.23. The van der Waals surface area contributed by atoms with E-state index in [0.29, 0.717) is 5.69 Å². The minimum Gasteiger partial charge on any atom is -0.329 e. The van der Waals surface area contributed by atoms with E-state index in [4.69, 9.17) is 11.6 Å². The predicted molar refractivity (Wildman–Crippen MR) is 85.3 cm³/mol. The number of benzene rings is 1. The van der Waals surface area contributed by atoms with Crippen LogP contribution in [0.1, 0.15) is 6.92 Å². The summed E-state index contributed by atoms with van der Waals surface area (Å²) in [6.07, 6.45) is 3.44. The third-order valence-electron chi connectivity index (χ3n) is 2.85. The Bertz CT molecular complexity index is 719. The molecule has 0 saturated heterocycles. The van der Waals surface area contributed by atoms with Crippen molar-refractivity contribution < 1.29 is 9.72 Å². The summed E-state index contributed by atoms with van der Waals surface area (Å²) in [5.74, 6) is -0.260. The Balaban J connectivity index is 2.05. The first kappa shape index (κ1) is 16.3. The maximum absolute atomic E-state index is 12.2. The molecule has 1 amide bonds. The second kappa shape index (κ2) is 6.80. The van der Waals surface area contributed by atoms with Crippen molar-refractivity contribution in [1.29, 1.82) is 0 Å². The van der Waals surface area contributed by atoms with Gasteiger partial charge in [0, 0.05) is 31.6 Å². The van der Waals surface area contributed by atoms with Crippen LogP contribution in [0.15, 0.2) is 35.7 Å². The molecule has 116 valence electrons. The predicted octanol–water partition coefficient (Wildman–Crippen LogP) is 3.10. The van der Waals surface area contributed by atoms with E-state index >= 15 is 0 Å². The van der Waals surface area contributed by atoms with Gasteiger partial charge in [-0.1, -0.05) is 23.4 Å². The van der Waals surface area contributed by atoms with Crippen molar-refractivity contribution in [3.05, 3.63) is 45.7 Å². The number of carbonyl (C=O) groups excluding carboxylic acids is 1. The molecule has 0 saturated carbocycles. The molecule has 1 N–H and O–H groups in total. The van der Waals surface area contributed by atoms with E-state index in [1.54, 1.807) is 19.3 Å². The number of rotatable bonds is 5. The standard InChI is InChI=1S/C13H13ClN4O3S/c1-8(22-13-15-5-6-17(13)2)12(19)16-11-4-3-9(18(20)21)7-10(11)14/h3-8H,1-2H3,(H,16,19). The van der Waals surface area contributed by atoms with E-state index in [-0.39, 0.29) is 16.6 Å². The van der Waals surface area contributed by atoms with Crippen molar-refractivity contribution in [3.63, 3.8) is 0 Å². The molecule has 2 aromatic rings. The molecule has 1 aromatic heterocycles. The summed E-state index contributed by atoms with van der Waals surface area (Å²) >= 11 is 7.25. The van der Waals surface area contributed by atoms with Crippen LogP contribution >= 0.6 is 23.4 Å². The average Bonchev–Trinajstić information content (AvgIpc) is 2.86. The number of halogens is 1. The van der Waals surface area contributed by atoms with Crippen LogP contribution in [0.5, 0.6) is 0 Å². The van der Waals surface area contributed by atoms with Crippen LogP contribution in [-0.4, -0.2) is 25.6 Å². The van der Waals surface area contributed by atoms with Gasteiger partial charge in [0.05, 0.1) is 20.9 Å². The summed E-state index contributed by atoms with van der Waals surface area (Å²) in [5, 5.41) is 13.8. The summed E-state index contributed by atoms with van der Waals surface area (Å²) in [4.78, 5) is 26.4. The number of carbonyl (C=O) groups is 1. The van der Waals surface area contributed by atoms with Gasteiger partial charge in [-0.05, 0) is 13.0 Å². The van der Waals surface area contributed by atoms with Gasteiger partial charge >= 0.3 is 0 Å². The smallest absolute Gasteiger partial charge is 0.271 e. The van der Waals surface area contributed by atoms with Gasteiger partial charge in [-0.15, -0.1) is 0 Å². The third kappa shape index (κ3) is 3.77. The highest BCUT2D eigenvalue weighted by atomic mass is 35.5. The molecule has 0 spiro atoms. The molecule has 0 fully saturated rings. The van der Waals surface area contributed by atoms with E-state index in [1.165, 1.54) is 30.0 Å². The summed E-state index contributed by atoms with van der Waals surface area (Å²) in [6, 6.07) is 3.91. The van der Waals surface area contributed by atoms with Crippen LogP contribution in [0.2, 0.25) is 5.02 Å². The highest BCUT2D eigenvalue weighted by Crippen LogP contribution is 2.28. The van der Waals surface area contributed by atoms with Gasteiger partial charge in [-0.25, -0.2) is 4.98 Å². The molecule has 1 atom stereocenters. The molecule has 2 rings (SSSR count). The molecule has 22 heavy (non-hydrogen) atoms. The van der Waals surface area contributed by atoms with Crippen molar-refractivity contribution in [1.82, 2.24) is 9.55 Å². The quantitative estimate of drug-likeness (QED) is 0.513. The van der Waals surface area contributed by atoms with Gasteiger partial charge in [0.2, 0.25) is 5.91 Å². The van der Waals surface area contributed by atoms with E-state index in [0.717, 1.165) is 5.16 Å². The zero-order chi connectivity index (χ0) is 16.3. The maximum Gasteiger partial charge on any atom is 0.271 e. The molecule has 0 aliphatic carbocycles. The first-order chi connectivity index (χ1) is 10.4. The molecule has 0 aliphatic rings. The van der Waals surface area contributed by atoms with Gasteiger partial charge < -0.3 is 9.88 Å². The molecular formula is C13H13ClN4O3S. The van der Waals surface area contributed by atoms with Crippen molar-refractivity contribution in [3.8, 4) is 0 Å². The molecule has 7 nitrogen and oxygen atoms in total. The van der Waals surface area contributed by atoms with Crippen molar-refractivity contribution in [2.24, 2.45) is 7.05 Å². The molecule has 1 aromatic carbocycles. The third-order valence-corrected chi connectivity index (χ3v) is 4.33.